The molecule has 0 spiro atoms. The van der Waals surface area contributed by atoms with Gasteiger partial charge in [-0.3, -0.25) is 9.69 Å². The van der Waals surface area contributed by atoms with E-state index in [1.165, 1.54) is 5.56 Å². The Kier molecular flexibility index (Phi) is 9.05. The Morgan fingerprint density at radius 2 is 1.68 bits per heavy atom. The molecule has 136 valence electrons. The summed E-state index contributed by atoms with van der Waals surface area (Å²) in [5.74, 6) is -1.79. The maximum absolute atomic E-state index is 13.2. The van der Waals surface area contributed by atoms with Crippen LogP contribution in [0.15, 0.2) is 48.5 Å². The summed E-state index contributed by atoms with van der Waals surface area (Å²) in [4.78, 5) is 14.0. The van der Waals surface area contributed by atoms with Crippen LogP contribution in [-0.2, 0) is 11.2 Å². The zero-order chi connectivity index (χ0) is 17.4. The summed E-state index contributed by atoms with van der Waals surface area (Å²) in [7, 11) is 0. The highest BCUT2D eigenvalue weighted by atomic mass is 35.5. The van der Waals surface area contributed by atoms with Crippen molar-refractivity contribution in [3.8, 4) is 0 Å². The topological polar surface area (TPSA) is 58.4 Å². The van der Waals surface area contributed by atoms with Crippen molar-refractivity contribution in [3.63, 3.8) is 0 Å². The fraction of sp³-hybridized carbons (Fsp3) is 0.278. The van der Waals surface area contributed by atoms with E-state index in [2.05, 4.69) is 5.32 Å². The maximum Gasteiger partial charge on any atom is 0.238 e. The first kappa shape index (κ1) is 21.0. The lowest BCUT2D eigenvalue weighted by Crippen LogP contribution is -2.38. The van der Waals surface area contributed by atoms with Crippen molar-refractivity contribution in [1.82, 2.24) is 4.90 Å². The summed E-state index contributed by atoms with van der Waals surface area (Å²) >= 11 is 0. The lowest BCUT2D eigenvalue weighted by atomic mass is 10.1. The number of benzene rings is 2. The molecule has 3 N–H and O–H groups in total. The van der Waals surface area contributed by atoms with Crippen LogP contribution in [0.5, 0.6) is 0 Å². The van der Waals surface area contributed by atoms with E-state index < -0.39 is 11.6 Å². The molecule has 2 aromatic carbocycles. The molecule has 0 saturated heterocycles. The van der Waals surface area contributed by atoms with Crippen molar-refractivity contribution in [2.45, 2.75) is 6.42 Å². The monoisotopic (exact) mass is 369 g/mol. The van der Waals surface area contributed by atoms with Crippen LogP contribution in [0.25, 0.3) is 0 Å². The molecule has 2 aromatic rings. The van der Waals surface area contributed by atoms with Crippen LogP contribution in [0.4, 0.5) is 14.5 Å². The van der Waals surface area contributed by atoms with Gasteiger partial charge in [0.25, 0.3) is 0 Å². The lowest BCUT2D eigenvalue weighted by Gasteiger charge is -2.21. The molecule has 0 saturated carbocycles. The van der Waals surface area contributed by atoms with Crippen LogP contribution in [0.1, 0.15) is 5.56 Å². The number of nitrogens with zero attached hydrogens (tertiary/aromatic N) is 1. The van der Waals surface area contributed by atoms with Crippen LogP contribution in [0.2, 0.25) is 0 Å². The van der Waals surface area contributed by atoms with E-state index in [0.717, 1.165) is 24.6 Å². The molecule has 25 heavy (non-hydrogen) atoms. The van der Waals surface area contributed by atoms with Crippen LogP contribution >= 0.6 is 12.4 Å². The molecule has 0 unspecified atom stereocenters. The fourth-order valence-corrected chi connectivity index (χ4v) is 2.41. The van der Waals surface area contributed by atoms with E-state index in [-0.39, 0.29) is 30.5 Å². The highest BCUT2D eigenvalue weighted by Crippen LogP contribution is 2.12. The second-order valence-corrected chi connectivity index (χ2v) is 5.51. The second-order valence-electron chi connectivity index (χ2n) is 5.51. The van der Waals surface area contributed by atoms with Crippen molar-refractivity contribution in [2.75, 3.05) is 31.5 Å². The first-order chi connectivity index (χ1) is 11.6. The first-order valence-corrected chi connectivity index (χ1v) is 7.79. The molecular formula is C18H22ClF2N3O. The predicted octanol–water partition coefficient (Wildman–Crippen LogP) is 2.83. The van der Waals surface area contributed by atoms with Gasteiger partial charge in [-0.15, -0.1) is 12.4 Å². The maximum atomic E-state index is 13.2. The number of nitrogens with one attached hydrogen (secondary N) is 1. The Hall–Kier alpha value is -2.02. The largest absolute Gasteiger partial charge is 0.329 e. The van der Waals surface area contributed by atoms with Gasteiger partial charge in [0.05, 0.1) is 6.54 Å². The number of hydrogen-bond acceptors (Lipinski definition) is 3. The summed E-state index contributed by atoms with van der Waals surface area (Å²) in [5, 5.41) is 2.51. The van der Waals surface area contributed by atoms with Gasteiger partial charge in [0.1, 0.15) is 11.6 Å². The van der Waals surface area contributed by atoms with Gasteiger partial charge in [0.2, 0.25) is 5.91 Å². The second kappa shape index (κ2) is 10.8. The normalized spacial score (nSPS) is 10.4. The zero-order valence-corrected chi connectivity index (χ0v) is 14.6. The number of nitrogens with two attached hydrogens (primary N) is 1. The minimum Gasteiger partial charge on any atom is -0.329 e. The average molecular weight is 370 g/mol. The van der Waals surface area contributed by atoms with Gasteiger partial charge in [-0.1, -0.05) is 30.3 Å². The zero-order valence-electron chi connectivity index (χ0n) is 13.8. The Labute approximate surface area is 152 Å². The fourth-order valence-electron chi connectivity index (χ4n) is 2.41. The Morgan fingerprint density at radius 3 is 2.28 bits per heavy atom. The highest BCUT2D eigenvalue weighted by molar-refractivity contribution is 5.92. The van der Waals surface area contributed by atoms with Crippen molar-refractivity contribution >= 4 is 24.0 Å². The van der Waals surface area contributed by atoms with E-state index in [0.29, 0.717) is 19.6 Å². The van der Waals surface area contributed by atoms with Crippen LogP contribution in [0, 0.1) is 11.6 Å². The van der Waals surface area contributed by atoms with E-state index >= 15 is 0 Å². The van der Waals surface area contributed by atoms with Gasteiger partial charge in [-0.05, 0) is 24.1 Å². The summed E-state index contributed by atoms with van der Waals surface area (Å²) in [6.07, 6.45) is 0.794. The lowest BCUT2D eigenvalue weighted by molar-refractivity contribution is -0.117. The van der Waals surface area contributed by atoms with E-state index in [1.807, 2.05) is 35.2 Å². The van der Waals surface area contributed by atoms with Crippen LogP contribution in [-0.4, -0.2) is 37.0 Å². The predicted molar refractivity (Wildman–Crippen MR) is 97.9 cm³/mol. The number of rotatable bonds is 8. The number of carbonyl (C=O) groups excluding carboxylic acids is 1. The average Bonchev–Trinajstić information content (AvgIpc) is 2.52. The van der Waals surface area contributed by atoms with Crippen LogP contribution < -0.4 is 11.1 Å². The Bertz CT molecular complexity index is 650. The number of anilines is 1. The van der Waals surface area contributed by atoms with Gasteiger partial charge in [0, 0.05) is 31.4 Å². The van der Waals surface area contributed by atoms with Gasteiger partial charge in [-0.2, -0.15) is 0 Å². The smallest absolute Gasteiger partial charge is 0.238 e. The quantitative estimate of drug-likeness (QED) is 0.752. The molecule has 7 heteroatoms. The van der Waals surface area contributed by atoms with Crippen molar-refractivity contribution in [2.24, 2.45) is 5.73 Å². The molecule has 0 fully saturated rings. The summed E-state index contributed by atoms with van der Waals surface area (Å²) < 4.78 is 26.3. The molecular weight excluding hydrogens is 348 g/mol. The number of hydrogen-bond donors (Lipinski definition) is 2. The van der Waals surface area contributed by atoms with Gasteiger partial charge in [0.15, 0.2) is 0 Å². The Balaban J connectivity index is 0.00000312. The summed E-state index contributed by atoms with van der Waals surface area (Å²) in [5.41, 5.74) is 6.87. The van der Waals surface area contributed by atoms with Gasteiger partial charge in [-0.25, -0.2) is 8.78 Å². The third-order valence-corrected chi connectivity index (χ3v) is 3.52. The van der Waals surface area contributed by atoms with Crippen LogP contribution in [0.3, 0.4) is 0 Å². The van der Waals surface area contributed by atoms with E-state index in [1.54, 1.807) is 0 Å². The summed E-state index contributed by atoms with van der Waals surface area (Å²) in [6.45, 7) is 1.78. The standard InChI is InChI=1S/C18H21F2N3O.ClH/c19-15-10-16(20)12-17(11-15)22-18(24)13-23(9-7-21)8-6-14-4-2-1-3-5-14;/h1-5,10-12H,6-9,13,21H2,(H,22,24);1H. The molecule has 2 rings (SSSR count). The SMILES string of the molecule is Cl.NCCN(CCc1ccccc1)CC(=O)Nc1cc(F)cc(F)c1. The van der Waals surface area contributed by atoms with E-state index in [4.69, 9.17) is 5.73 Å². The molecule has 1 amide bonds. The Morgan fingerprint density at radius 1 is 1.04 bits per heavy atom. The molecule has 0 radical (unpaired) electrons. The van der Waals surface area contributed by atoms with Crippen molar-refractivity contribution in [1.29, 1.82) is 0 Å². The van der Waals surface area contributed by atoms with Gasteiger partial charge < -0.3 is 11.1 Å². The molecule has 0 heterocycles. The number of amides is 1. The molecule has 0 aliphatic rings. The summed E-state index contributed by atoms with van der Waals surface area (Å²) in [6, 6.07) is 12.9. The van der Waals surface area contributed by atoms with Gasteiger partial charge >= 0.3 is 0 Å². The molecule has 0 atom stereocenters. The number of halogens is 3. The number of carbonyl (C=O) groups is 1. The minimum atomic E-state index is -0.729. The molecule has 0 bridgehead atoms. The molecule has 0 aromatic heterocycles. The molecule has 4 nitrogen and oxygen atoms in total. The van der Waals surface area contributed by atoms with Crippen molar-refractivity contribution in [3.05, 3.63) is 65.7 Å². The first-order valence-electron chi connectivity index (χ1n) is 7.79. The third-order valence-electron chi connectivity index (χ3n) is 3.52. The highest BCUT2D eigenvalue weighted by Gasteiger charge is 2.11. The molecule has 0 aliphatic heterocycles. The van der Waals surface area contributed by atoms with E-state index in [9.17, 15) is 13.6 Å². The molecule has 0 aliphatic carbocycles. The van der Waals surface area contributed by atoms with Crippen molar-refractivity contribution < 1.29 is 13.6 Å². The minimum absolute atomic E-state index is 0. The third kappa shape index (κ3) is 7.60.